The minimum Gasteiger partial charge on any atom is -0.322 e. The van der Waals surface area contributed by atoms with Gasteiger partial charge in [0.2, 0.25) is 0 Å². The zero-order valence-corrected chi connectivity index (χ0v) is 14.5. The molecule has 134 valence electrons. The number of carbonyl (C=O) groups excluding carboxylic acids is 1. The second-order valence-corrected chi connectivity index (χ2v) is 5.89. The summed E-state index contributed by atoms with van der Waals surface area (Å²) in [6, 6.07) is 14.8. The smallest absolute Gasteiger partial charge is 0.256 e. The number of hydrogen-bond acceptors (Lipinski definition) is 6. The van der Waals surface area contributed by atoms with Crippen molar-refractivity contribution >= 4 is 11.6 Å². The summed E-state index contributed by atoms with van der Waals surface area (Å²) in [7, 11) is 0. The molecule has 9 nitrogen and oxygen atoms in total. The van der Waals surface area contributed by atoms with Gasteiger partial charge < -0.3 is 5.32 Å². The van der Waals surface area contributed by atoms with E-state index in [1.54, 1.807) is 21.8 Å². The average molecular weight is 360 g/mol. The molecular weight excluding hydrogens is 344 g/mol. The van der Waals surface area contributed by atoms with E-state index in [1.807, 2.05) is 49.4 Å². The standard InChI is InChI=1S/C18H16N8O/c1-13-22-23-24-26(13)16-7-4-6-15(9-16)21-18(27)17-8-3-2-5-14(17)10-25-12-19-11-20-25/h2-9,11-12H,10H2,1H3,(H,21,27). The van der Waals surface area contributed by atoms with Crippen LogP contribution in [0.4, 0.5) is 5.69 Å². The molecule has 0 saturated carbocycles. The van der Waals surface area contributed by atoms with Gasteiger partial charge in [-0.25, -0.2) is 9.67 Å². The Morgan fingerprint density at radius 3 is 2.81 bits per heavy atom. The molecular formula is C18H16N8O. The van der Waals surface area contributed by atoms with Gasteiger partial charge in [0.15, 0.2) is 5.82 Å². The highest BCUT2D eigenvalue weighted by Gasteiger charge is 2.13. The van der Waals surface area contributed by atoms with Crippen LogP contribution in [-0.4, -0.2) is 40.9 Å². The summed E-state index contributed by atoms with van der Waals surface area (Å²) >= 11 is 0. The average Bonchev–Trinajstić information content (AvgIpc) is 3.34. The molecule has 2 heterocycles. The number of tetrazole rings is 1. The number of hydrogen-bond donors (Lipinski definition) is 1. The second kappa shape index (κ2) is 7.16. The number of aryl methyl sites for hydroxylation is 1. The summed E-state index contributed by atoms with van der Waals surface area (Å²) in [5.41, 5.74) is 2.86. The molecule has 0 unspecified atom stereocenters. The van der Waals surface area contributed by atoms with Crippen LogP contribution >= 0.6 is 0 Å². The van der Waals surface area contributed by atoms with Crippen molar-refractivity contribution in [2.45, 2.75) is 13.5 Å². The Morgan fingerprint density at radius 2 is 2.04 bits per heavy atom. The zero-order chi connectivity index (χ0) is 18.6. The molecule has 0 aliphatic rings. The van der Waals surface area contributed by atoms with E-state index < -0.39 is 0 Å². The topological polar surface area (TPSA) is 103 Å². The summed E-state index contributed by atoms with van der Waals surface area (Å²) in [6.45, 7) is 2.28. The lowest BCUT2D eigenvalue weighted by molar-refractivity contribution is 0.102. The molecule has 0 fully saturated rings. The maximum Gasteiger partial charge on any atom is 0.256 e. The zero-order valence-electron chi connectivity index (χ0n) is 14.5. The van der Waals surface area contributed by atoms with Gasteiger partial charge in [-0.1, -0.05) is 24.3 Å². The molecule has 0 saturated heterocycles. The highest BCUT2D eigenvalue weighted by atomic mass is 16.1. The van der Waals surface area contributed by atoms with Crippen molar-refractivity contribution in [3.63, 3.8) is 0 Å². The van der Waals surface area contributed by atoms with Crippen molar-refractivity contribution in [2.24, 2.45) is 0 Å². The van der Waals surface area contributed by atoms with E-state index in [2.05, 4.69) is 30.9 Å². The lowest BCUT2D eigenvalue weighted by Gasteiger charge is -2.11. The Bertz CT molecular complexity index is 1070. The highest BCUT2D eigenvalue weighted by molar-refractivity contribution is 6.05. The number of amides is 1. The van der Waals surface area contributed by atoms with Gasteiger partial charge in [-0.15, -0.1) is 5.10 Å². The molecule has 1 N–H and O–H groups in total. The van der Waals surface area contributed by atoms with Crippen molar-refractivity contribution in [2.75, 3.05) is 5.32 Å². The highest BCUT2D eigenvalue weighted by Crippen LogP contribution is 2.17. The predicted molar refractivity (Wildman–Crippen MR) is 97.4 cm³/mol. The molecule has 2 aromatic heterocycles. The molecule has 0 bridgehead atoms. The lowest BCUT2D eigenvalue weighted by Crippen LogP contribution is -2.16. The van der Waals surface area contributed by atoms with Crippen LogP contribution in [-0.2, 0) is 6.54 Å². The Hall–Kier alpha value is -3.88. The number of rotatable bonds is 5. The van der Waals surface area contributed by atoms with Crippen molar-refractivity contribution < 1.29 is 4.79 Å². The van der Waals surface area contributed by atoms with E-state index in [9.17, 15) is 4.79 Å². The first kappa shape index (κ1) is 16.6. The normalized spacial score (nSPS) is 10.7. The SMILES string of the molecule is Cc1nnnn1-c1cccc(NC(=O)c2ccccc2Cn2cncn2)c1. The maximum atomic E-state index is 12.8. The third-order valence-corrected chi connectivity index (χ3v) is 4.03. The van der Waals surface area contributed by atoms with Gasteiger partial charge in [0.05, 0.1) is 12.2 Å². The quantitative estimate of drug-likeness (QED) is 0.583. The van der Waals surface area contributed by atoms with Gasteiger partial charge in [-0.2, -0.15) is 9.78 Å². The third-order valence-electron chi connectivity index (χ3n) is 4.03. The molecule has 0 atom stereocenters. The monoisotopic (exact) mass is 360 g/mol. The van der Waals surface area contributed by atoms with Crippen LogP contribution in [0.5, 0.6) is 0 Å². The van der Waals surface area contributed by atoms with Gasteiger partial charge in [0.1, 0.15) is 12.7 Å². The first-order chi connectivity index (χ1) is 13.2. The van der Waals surface area contributed by atoms with Crippen LogP contribution in [0.3, 0.4) is 0 Å². The third kappa shape index (κ3) is 3.56. The summed E-state index contributed by atoms with van der Waals surface area (Å²) in [4.78, 5) is 16.8. The van der Waals surface area contributed by atoms with E-state index in [4.69, 9.17) is 0 Å². The summed E-state index contributed by atoms with van der Waals surface area (Å²) in [5.74, 6) is 0.466. The molecule has 2 aromatic carbocycles. The Kier molecular flexibility index (Phi) is 4.40. The largest absolute Gasteiger partial charge is 0.322 e. The van der Waals surface area contributed by atoms with Gasteiger partial charge in [-0.3, -0.25) is 4.79 Å². The molecule has 1 amide bonds. The molecule has 27 heavy (non-hydrogen) atoms. The van der Waals surface area contributed by atoms with E-state index >= 15 is 0 Å². The molecule has 4 aromatic rings. The minimum absolute atomic E-state index is 0.198. The van der Waals surface area contributed by atoms with E-state index in [0.29, 0.717) is 23.6 Å². The van der Waals surface area contributed by atoms with Gasteiger partial charge in [-0.05, 0) is 47.2 Å². The molecule has 0 radical (unpaired) electrons. The molecule has 9 heteroatoms. The van der Waals surface area contributed by atoms with E-state index in [1.165, 1.54) is 6.33 Å². The van der Waals surface area contributed by atoms with Crippen LogP contribution in [0, 0.1) is 6.92 Å². The fourth-order valence-corrected chi connectivity index (χ4v) is 2.75. The van der Waals surface area contributed by atoms with Crippen molar-refractivity contribution in [3.05, 3.63) is 78.1 Å². The van der Waals surface area contributed by atoms with Gasteiger partial charge in [0, 0.05) is 11.3 Å². The molecule has 0 spiro atoms. The Morgan fingerprint density at radius 1 is 1.15 bits per heavy atom. The molecule has 0 aliphatic heterocycles. The van der Waals surface area contributed by atoms with Gasteiger partial charge in [0.25, 0.3) is 5.91 Å². The number of nitrogens with zero attached hydrogens (tertiary/aromatic N) is 7. The van der Waals surface area contributed by atoms with Crippen LogP contribution < -0.4 is 5.32 Å². The van der Waals surface area contributed by atoms with Crippen LogP contribution in [0.2, 0.25) is 0 Å². The minimum atomic E-state index is -0.198. The first-order valence-electron chi connectivity index (χ1n) is 8.28. The summed E-state index contributed by atoms with van der Waals surface area (Å²) in [6.07, 6.45) is 3.09. The van der Waals surface area contributed by atoms with Crippen LogP contribution in [0.25, 0.3) is 5.69 Å². The van der Waals surface area contributed by atoms with E-state index in [0.717, 1.165) is 11.3 Å². The Balaban J connectivity index is 1.57. The summed E-state index contributed by atoms with van der Waals surface area (Å²) in [5, 5.41) is 18.5. The second-order valence-electron chi connectivity index (χ2n) is 5.89. The number of nitrogens with one attached hydrogen (secondary N) is 1. The maximum absolute atomic E-state index is 12.8. The number of aromatic nitrogens is 7. The molecule has 4 rings (SSSR count). The van der Waals surface area contributed by atoms with Crippen molar-refractivity contribution in [1.82, 2.24) is 35.0 Å². The predicted octanol–water partition coefficient (Wildman–Crippen LogP) is 1.86. The Labute approximate surface area is 154 Å². The molecule has 0 aliphatic carbocycles. The number of benzene rings is 2. The fraction of sp³-hybridized carbons (Fsp3) is 0.111. The van der Waals surface area contributed by atoms with Crippen molar-refractivity contribution in [1.29, 1.82) is 0 Å². The van der Waals surface area contributed by atoms with Crippen LogP contribution in [0.15, 0.2) is 61.2 Å². The summed E-state index contributed by atoms with van der Waals surface area (Å²) < 4.78 is 3.28. The number of anilines is 1. The first-order valence-corrected chi connectivity index (χ1v) is 8.28. The van der Waals surface area contributed by atoms with Crippen molar-refractivity contribution in [3.8, 4) is 5.69 Å². The fourth-order valence-electron chi connectivity index (χ4n) is 2.75. The lowest BCUT2D eigenvalue weighted by atomic mass is 10.1. The van der Waals surface area contributed by atoms with Gasteiger partial charge >= 0.3 is 0 Å². The van der Waals surface area contributed by atoms with E-state index in [-0.39, 0.29) is 5.91 Å². The number of carbonyl (C=O) groups is 1. The van der Waals surface area contributed by atoms with Crippen LogP contribution in [0.1, 0.15) is 21.7 Å².